The molecule has 1 aromatic rings. The molecule has 0 saturated carbocycles. The second kappa shape index (κ2) is 4.40. The van der Waals surface area contributed by atoms with Gasteiger partial charge < -0.3 is 0 Å². The van der Waals surface area contributed by atoms with Gasteiger partial charge in [0.25, 0.3) is 5.91 Å². The number of carbonyl (C=O) groups excluding carboxylic acids is 2. The minimum Gasteiger partial charge on any atom is -0.292 e. The van der Waals surface area contributed by atoms with Gasteiger partial charge in [0.15, 0.2) is 1.41 Å². The molecule has 1 N–H and O–H groups in total. The Balaban J connectivity index is 2.82. The third-order valence-corrected chi connectivity index (χ3v) is 1.48. The van der Waals surface area contributed by atoms with Crippen molar-refractivity contribution >= 4 is 11.8 Å². The molecule has 2 amide bonds. The summed E-state index contributed by atoms with van der Waals surface area (Å²) in [4.78, 5) is 22.7. The van der Waals surface area contributed by atoms with Gasteiger partial charge in [-0.2, -0.15) is 0 Å². The first kappa shape index (κ1) is 6.83. The van der Waals surface area contributed by atoms with Crippen LogP contribution in [0.3, 0.4) is 0 Å². The van der Waals surface area contributed by atoms with E-state index in [1.807, 2.05) is 0 Å². The third-order valence-electron chi connectivity index (χ3n) is 1.48. The molecule has 3 nitrogen and oxygen atoms in total. The lowest BCUT2D eigenvalue weighted by Gasteiger charge is -2.00. The molecule has 0 spiro atoms. The van der Waals surface area contributed by atoms with Crippen LogP contribution in [-0.4, -0.2) is 11.8 Å². The number of nitrogens with one attached hydrogen (secondary N) is 1. The highest BCUT2D eigenvalue weighted by molar-refractivity contribution is 6.04. The molecule has 0 saturated heterocycles. The lowest BCUT2D eigenvalue weighted by atomic mass is 10.2. The zero-order valence-electron chi connectivity index (χ0n) is 9.23. The van der Waals surface area contributed by atoms with Gasteiger partial charge in [-0.15, -0.1) is 0 Å². The van der Waals surface area contributed by atoms with Crippen LogP contribution in [0.4, 0.5) is 0 Å². The highest BCUT2D eigenvalue weighted by atomic mass is 16.2. The molecule has 0 radical (unpaired) electrons. The summed E-state index contributed by atoms with van der Waals surface area (Å²) in [6, 6.07) is 8.07. The molecule has 1 atom stereocenters. The van der Waals surface area contributed by atoms with Crippen LogP contribution in [0.5, 0.6) is 0 Å². The van der Waals surface area contributed by atoms with Gasteiger partial charge in [-0.25, -0.2) is 0 Å². The molecule has 1 unspecified atom stereocenters. The van der Waals surface area contributed by atoms with Crippen LogP contribution in [0, 0.1) is 0 Å². The zero-order valence-corrected chi connectivity index (χ0v) is 7.23. The van der Waals surface area contributed by atoms with E-state index >= 15 is 0 Å². The number of carbonyl (C=O) groups is 2. The average molecular weight is 179 g/mol. The van der Waals surface area contributed by atoms with E-state index in [0.717, 1.165) is 0 Å². The molecule has 0 heterocycles. The van der Waals surface area contributed by atoms with E-state index in [0.29, 0.717) is 0 Å². The third kappa shape index (κ3) is 2.71. The summed E-state index contributed by atoms with van der Waals surface area (Å²) in [5, 5.41) is 0.229. The fourth-order valence-electron chi connectivity index (χ4n) is 0.810. The monoisotopic (exact) mass is 179 g/mol. The van der Waals surface area contributed by atoms with Crippen LogP contribution in [0.15, 0.2) is 30.3 Å². The van der Waals surface area contributed by atoms with E-state index in [1.54, 1.807) is 18.2 Å². The normalized spacial score (nSPS) is 13.9. The summed E-state index contributed by atoms with van der Waals surface area (Å²) in [6.45, 7) is 1.32. The Hall–Kier alpha value is -1.64. The van der Waals surface area contributed by atoms with Crippen LogP contribution in [-0.2, 0) is 4.79 Å². The van der Waals surface area contributed by atoms with E-state index in [9.17, 15) is 9.59 Å². The minimum absolute atomic E-state index is 0.229. The molecule has 3 heteroatoms. The number of hydrogen-bond donors (Lipinski definition) is 1. The Kier molecular flexibility index (Phi) is 2.31. The summed E-state index contributed by atoms with van der Waals surface area (Å²) in [5.41, 5.74) is 0.265. The van der Waals surface area contributed by atoms with Gasteiger partial charge in [0.05, 0.1) is 0 Å². The molecule has 1 aromatic carbocycles. The van der Waals surface area contributed by atoms with Crippen molar-refractivity contribution < 1.29 is 12.4 Å². The van der Waals surface area contributed by atoms with Gasteiger partial charge in [-0.3, -0.25) is 14.9 Å². The molecular formula is C10H11NO2. The Labute approximate surface area is 79.6 Å². The van der Waals surface area contributed by atoms with Crippen LogP contribution < -0.4 is 5.31 Å². The van der Waals surface area contributed by atoms with Gasteiger partial charge in [0.1, 0.15) is 0 Å². The molecule has 1 rings (SSSR count). The van der Waals surface area contributed by atoms with Crippen molar-refractivity contribution in [1.29, 1.82) is 0 Å². The molecule has 0 bridgehead atoms. The topological polar surface area (TPSA) is 46.2 Å². The van der Waals surface area contributed by atoms with Crippen LogP contribution in [0.25, 0.3) is 0 Å². The van der Waals surface area contributed by atoms with E-state index < -0.39 is 18.2 Å². The predicted molar refractivity (Wildman–Crippen MR) is 49.2 cm³/mol. The first-order valence-electron chi connectivity index (χ1n) is 4.91. The van der Waals surface area contributed by atoms with E-state index in [4.69, 9.17) is 2.78 Å². The van der Waals surface area contributed by atoms with Gasteiger partial charge in [0.2, 0.25) is 5.91 Å². The molecule has 13 heavy (non-hydrogen) atoms. The second-order valence-electron chi connectivity index (χ2n) is 2.41. The first-order valence-corrected chi connectivity index (χ1v) is 3.88. The predicted octanol–water partition coefficient (Wildman–Crippen LogP) is 1.35. The maximum absolute atomic E-state index is 11.5. The summed E-state index contributed by atoms with van der Waals surface area (Å²) >= 11 is 0. The molecular weight excluding hydrogens is 166 g/mol. The van der Waals surface area contributed by atoms with Crippen LogP contribution >= 0.6 is 0 Å². The fourth-order valence-corrected chi connectivity index (χ4v) is 0.810. The standard InChI is InChI=1S/C10H11NO2/c1-2-9(12)11-10(13)8-6-4-3-5-7-8/h3-7H,2H2,1H3,(H,11,12,13)/i2D/hD. The zero-order chi connectivity index (χ0) is 11.4. The van der Waals surface area contributed by atoms with E-state index in [1.165, 1.54) is 19.1 Å². The maximum atomic E-state index is 11.5. The van der Waals surface area contributed by atoms with Crippen molar-refractivity contribution in [1.82, 2.24) is 5.31 Å². The van der Waals surface area contributed by atoms with Crippen molar-refractivity contribution in [3.63, 3.8) is 0 Å². The van der Waals surface area contributed by atoms with Crippen LogP contribution in [0.2, 0.25) is 1.41 Å². The number of hydrogen-bond acceptors (Lipinski definition) is 2. The largest absolute Gasteiger partial charge is 0.292 e. The molecule has 0 aromatic heterocycles. The van der Waals surface area contributed by atoms with Crippen molar-refractivity contribution in [3.05, 3.63) is 35.9 Å². The highest BCUT2D eigenvalue weighted by Crippen LogP contribution is 1.97. The first-order chi connectivity index (χ1) is 7.04. The Morgan fingerprint density at radius 1 is 1.46 bits per heavy atom. The summed E-state index contributed by atoms with van der Waals surface area (Å²) in [5.74, 6) is -1.54. The number of benzene rings is 1. The SMILES string of the molecule is [2H]C(C)C(=O)N([2H])C(=O)c1ccccc1. The average Bonchev–Trinajstić information content (AvgIpc) is 2.27. The molecule has 0 aliphatic rings. The van der Waals surface area contributed by atoms with Gasteiger partial charge >= 0.3 is 0 Å². The number of amides is 2. The second-order valence-corrected chi connectivity index (χ2v) is 2.41. The Morgan fingerprint density at radius 2 is 2.08 bits per heavy atom. The molecule has 0 aliphatic heterocycles. The van der Waals surface area contributed by atoms with Crippen molar-refractivity contribution in [2.75, 3.05) is 0 Å². The summed E-state index contributed by atoms with van der Waals surface area (Å²) in [6.07, 6.45) is -1.10. The highest BCUT2D eigenvalue weighted by Gasteiger charge is 2.06. The van der Waals surface area contributed by atoms with Gasteiger partial charge in [-0.05, 0) is 12.1 Å². The van der Waals surface area contributed by atoms with Gasteiger partial charge in [0, 0.05) is 13.3 Å². The Bertz CT molecular complexity index is 365. The van der Waals surface area contributed by atoms with E-state index in [-0.39, 0.29) is 10.9 Å². The van der Waals surface area contributed by atoms with Crippen molar-refractivity contribution in [2.24, 2.45) is 0 Å². The summed E-state index contributed by atoms with van der Waals surface area (Å²) < 4.78 is 14.4. The number of rotatable bonds is 2. The maximum Gasteiger partial charge on any atom is 0.257 e. The molecule has 0 fully saturated rings. The lowest BCUT2D eigenvalue weighted by Crippen LogP contribution is -2.29. The Morgan fingerprint density at radius 3 is 2.62 bits per heavy atom. The van der Waals surface area contributed by atoms with Crippen molar-refractivity contribution in [3.8, 4) is 0 Å². The summed E-state index contributed by atoms with van der Waals surface area (Å²) in [7, 11) is 0. The number of imide groups is 1. The lowest BCUT2D eigenvalue weighted by molar-refractivity contribution is -0.119. The van der Waals surface area contributed by atoms with Gasteiger partial charge in [-0.1, -0.05) is 25.1 Å². The van der Waals surface area contributed by atoms with E-state index in [2.05, 4.69) is 0 Å². The molecule has 68 valence electrons. The van der Waals surface area contributed by atoms with Crippen LogP contribution in [0.1, 0.15) is 25.0 Å². The smallest absolute Gasteiger partial charge is 0.257 e. The molecule has 0 aliphatic carbocycles. The van der Waals surface area contributed by atoms with Crippen molar-refractivity contribution in [2.45, 2.75) is 13.3 Å². The quantitative estimate of drug-likeness (QED) is 0.745. The minimum atomic E-state index is -1.10. The fraction of sp³-hybridized carbons (Fsp3) is 0.200.